The van der Waals surface area contributed by atoms with E-state index in [4.69, 9.17) is 4.74 Å². The van der Waals surface area contributed by atoms with Crippen LogP contribution in [0.5, 0.6) is 5.75 Å². The number of ether oxygens (including phenoxy) is 1. The highest BCUT2D eigenvalue weighted by molar-refractivity contribution is 7.92. The molecule has 4 heteroatoms. The van der Waals surface area contributed by atoms with Gasteiger partial charge in [0.15, 0.2) is 4.90 Å². The normalized spacial score (nSPS) is 22.0. The second kappa shape index (κ2) is 8.95. The van der Waals surface area contributed by atoms with E-state index in [9.17, 15) is 4.55 Å². The Morgan fingerprint density at radius 2 is 1.70 bits per heavy atom. The highest BCUT2D eigenvalue weighted by Gasteiger charge is 2.26. The average Bonchev–Trinajstić information content (AvgIpc) is 2.63. The Bertz CT molecular complexity index is 453. The van der Waals surface area contributed by atoms with Gasteiger partial charge >= 0.3 is 0 Å². The summed E-state index contributed by atoms with van der Waals surface area (Å²) in [5.74, 6) is 1.77. The minimum absolute atomic E-state index is 0.300. The van der Waals surface area contributed by atoms with Crippen molar-refractivity contribution in [2.24, 2.45) is 5.92 Å². The van der Waals surface area contributed by atoms with Crippen molar-refractivity contribution in [3.05, 3.63) is 24.3 Å². The number of benzene rings is 1. The Labute approximate surface area is 143 Å². The summed E-state index contributed by atoms with van der Waals surface area (Å²) in [6.45, 7) is 2.78. The van der Waals surface area contributed by atoms with Crippen LogP contribution in [0.3, 0.4) is 0 Å². The van der Waals surface area contributed by atoms with Crippen molar-refractivity contribution in [2.75, 3.05) is 19.7 Å². The van der Waals surface area contributed by atoms with Crippen molar-refractivity contribution in [3.8, 4) is 5.75 Å². The number of nitrogens with one attached hydrogen (secondary N) is 1. The molecule has 1 aliphatic carbocycles. The van der Waals surface area contributed by atoms with Gasteiger partial charge in [0.25, 0.3) is 0 Å². The Balaban J connectivity index is 1.44. The van der Waals surface area contributed by atoms with Crippen LogP contribution in [-0.4, -0.2) is 29.5 Å². The molecule has 0 radical (unpaired) electrons. The van der Waals surface area contributed by atoms with Crippen LogP contribution in [0.1, 0.15) is 51.4 Å². The summed E-state index contributed by atoms with van der Waals surface area (Å²) in [7, 11) is 0. The highest BCUT2D eigenvalue weighted by Crippen LogP contribution is 2.27. The number of rotatable bonds is 6. The van der Waals surface area contributed by atoms with Gasteiger partial charge in [0, 0.05) is 12.8 Å². The van der Waals surface area contributed by atoms with Crippen LogP contribution in [0, 0.1) is 5.92 Å². The van der Waals surface area contributed by atoms with E-state index in [1.807, 2.05) is 24.3 Å². The predicted octanol–water partition coefficient (Wildman–Crippen LogP) is 3.90. The molecule has 1 N–H and O–H groups in total. The lowest BCUT2D eigenvalue weighted by Crippen LogP contribution is -2.35. The quantitative estimate of drug-likeness (QED) is 0.802. The van der Waals surface area contributed by atoms with Crippen molar-refractivity contribution in [3.63, 3.8) is 0 Å². The van der Waals surface area contributed by atoms with Crippen molar-refractivity contribution in [2.45, 2.75) is 61.5 Å². The highest BCUT2D eigenvalue weighted by atomic mass is 32.2. The third-order valence-corrected chi connectivity index (χ3v) is 6.98. The molecule has 1 aliphatic heterocycles. The zero-order valence-corrected chi connectivity index (χ0v) is 14.8. The summed E-state index contributed by atoms with van der Waals surface area (Å²) in [6.07, 6.45) is 10.1. The van der Waals surface area contributed by atoms with Crippen LogP contribution in [0.15, 0.2) is 29.2 Å². The lowest BCUT2D eigenvalue weighted by atomic mass is 9.87. The van der Waals surface area contributed by atoms with Crippen molar-refractivity contribution < 1.29 is 9.29 Å². The standard InChI is InChI=1S/C19H29NO2S/c21-23(19-10-13-20-14-11-19)18-8-6-17(7-9-18)22-15-12-16-4-2-1-3-5-16/h6-9,16,19-20H,1-5,10-15H2. The largest absolute Gasteiger partial charge is 0.611 e. The SMILES string of the molecule is [O-][S+](c1ccc(OCCC2CCCCC2)cc1)C1CCNCC1. The van der Waals surface area contributed by atoms with Gasteiger partial charge in [-0.2, -0.15) is 0 Å². The van der Waals surface area contributed by atoms with Gasteiger partial charge < -0.3 is 14.6 Å². The van der Waals surface area contributed by atoms with E-state index in [1.165, 1.54) is 38.5 Å². The number of piperidine rings is 1. The van der Waals surface area contributed by atoms with Crippen LogP contribution in [-0.2, 0) is 11.2 Å². The van der Waals surface area contributed by atoms with Gasteiger partial charge in [-0.25, -0.2) is 0 Å². The molecule has 1 heterocycles. The fourth-order valence-corrected chi connectivity index (χ4v) is 5.14. The molecule has 1 atom stereocenters. The second-order valence-corrected chi connectivity index (χ2v) is 8.59. The fourth-order valence-electron chi connectivity index (χ4n) is 3.69. The van der Waals surface area contributed by atoms with E-state index in [2.05, 4.69) is 5.32 Å². The summed E-state index contributed by atoms with van der Waals surface area (Å²) in [6, 6.07) is 7.92. The monoisotopic (exact) mass is 335 g/mol. The number of hydrogen-bond acceptors (Lipinski definition) is 3. The topological polar surface area (TPSA) is 44.3 Å². The molecule has 0 amide bonds. The summed E-state index contributed by atoms with van der Waals surface area (Å²) < 4.78 is 18.5. The average molecular weight is 336 g/mol. The van der Waals surface area contributed by atoms with E-state index in [1.54, 1.807) is 0 Å². The minimum Gasteiger partial charge on any atom is -0.611 e. The zero-order chi connectivity index (χ0) is 15.9. The number of hydrogen-bond donors (Lipinski definition) is 1. The molecule has 1 unspecified atom stereocenters. The van der Waals surface area contributed by atoms with Gasteiger partial charge in [0.05, 0.1) is 6.61 Å². The van der Waals surface area contributed by atoms with E-state index in [-0.39, 0.29) is 0 Å². The first-order valence-electron chi connectivity index (χ1n) is 9.17. The summed E-state index contributed by atoms with van der Waals surface area (Å²) in [5, 5.41) is 3.63. The molecule has 1 aromatic carbocycles. The van der Waals surface area contributed by atoms with Gasteiger partial charge in [-0.1, -0.05) is 32.1 Å². The van der Waals surface area contributed by atoms with Crippen molar-refractivity contribution in [1.82, 2.24) is 5.32 Å². The van der Waals surface area contributed by atoms with Gasteiger partial charge in [-0.05, 0) is 60.9 Å². The van der Waals surface area contributed by atoms with Crippen molar-refractivity contribution in [1.29, 1.82) is 0 Å². The molecule has 0 bridgehead atoms. The van der Waals surface area contributed by atoms with E-state index in [0.717, 1.165) is 49.1 Å². The first-order chi connectivity index (χ1) is 11.3. The van der Waals surface area contributed by atoms with Gasteiger partial charge in [-0.15, -0.1) is 0 Å². The van der Waals surface area contributed by atoms with Crippen LogP contribution in [0.2, 0.25) is 0 Å². The van der Waals surface area contributed by atoms with E-state index < -0.39 is 11.2 Å². The first-order valence-corrected chi connectivity index (χ1v) is 10.4. The summed E-state index contributed by atoms with van der Waals surface area (Å²) in [4.78, 5) is 0.941. The third kappa shape index (κ3) is 5.13. The Hall–Kier alpha value is -0.710. The summed E-state index contributed by atoms with van der Waals surface area (Å²) in [5.41, 5.74) is 0. The van der Waals surface area contributed by atoms with Gasteiger partial charge in [0.1, 0.15) is 11.0 Å². The molecular weight excluding hydrogens is 306 g/mol. The molecule has 128 valence electrons. The Morgan fingerprint density at radius 1 is 1.00 bits per heavy atom. The zero-order valence-electron chi connectivity index (χ0n) is 14.0. The van der Waals surface area contributed by atoms with Crippen LogP contribution < -0.4 is 10.1 Å². The van der Waals surface area contributed by atoms with E-state index >= 15 is 0 Å². The fraction of sp³-hybridized carbons (Fsp3) is 0.684. The first kappa shape index (κ1) is 17.1. The molecule has 3 rings (SSSR count). The van der Waals surface area contributed by atoms with Crippen molar-refractivity contribution >= 4 is 11.2 Å². The molecule has 0 aromatic heterocycles. The van der Waals surface area contributed by atoms with E-state index in [0.29, 0.717) is 5.25 Å². The third-order valence-electron chi connectivity index (χ3n) is 5.16. The minimum atomic E-state index is -0.883. The van der Waals surface area contributed by atoms with Gasteiger partial charge in [0.2, 0.25) is 0 Å². The maximum atomic E-state index is 12.6. The molecule has 2 aliphatic rings. The molecule has 1 saturated heterocycles. The lowest BCUT2D eigenvalue weighted by Gasteiger charge is -2.25. The van der Waals surface area contributed by atoms with Crippen LogP contribution >= 0.6 is 0 Å². The van der Waals surface area contributed by atoms with Crippen LogP contribution in [0.4, 0.5) is 0 Å². The molecule has 0 spiro atoms. The molecule has 3 nitrogen and oxygen atoms in total. The van der Waals surface area contributed by atoms with Gasteiger partial charge in [-0.3, -0.25) is 0 Å². The second-order valence-electron chi connectivity index (χ2n) is 6.86. The smallest absolute Gasteiger partial charge is 0.153 e. The maximum absolute atomic E-state index is 12.6. The maximum Gasteiger partial charge on any atom is 0.153 e. The lowest BCUT2D eigenvalue weighted by molar-refractivity contribution is 0.246. The van der Waals surface area contributed by atoms with Crippen LogP contribution in [0.25, 0.3) is 0 Å². The molecule has 1 saturated carbocycles. The Kier molecular flexibility index (Phi) is 6.67. The Morgan fingerprint density at radius 3 is 2.39 bits per heavy atom. The predicted molar refractivity (Wildman–Crippen MR) is 95.4 cm³/mol. The molecule has 23 heavy (non-hydrogen) atoms. The molecule has 1 aromatic rings. The molecule has 2 fully saturated rings. The summed E-state index contributed by atoms with van der Waals surface area (Å²) >= 11 is -0.883. The molecular formula is C19H29NO2S.